The van der Waals surface area contributed by atoms with Crippen LogP contribution in [-0.4, -0.2) is 16.5 Å². The number of aryl methyl sites for hydroxylation is 1. The van der Waals surface area contributed by atoms with Gasteiger partial charge in [-0.1, -0.05) is 34.1 Å². The number of H-pyrrole nitrogens is 1. The summed E-state index contributed by atoms with van der Waals surface area (Å²) in [6.45, 7) is 3.00. The van der Waals surface area contributed by atoms with Crippen LogP contribution in [0.2, 0.25) is 0 Å². The molecule has 2 aromatic carbocycles. The van der Waals surface area contributed by atoms with Crippen molar-refractivity contribution in [1.82, 2.24) is 9.97 Å². The highest BCUT2D eigenvalue weighted by Gasteiger charge is 2.26. The molecule has 0 fully saturated rings. The Bertz CT molecular complexity index is 807. The third-order valence-corrected chi connectivity index (χ3v) is 4.38. The Morgan fingerprint density at radius 3 is 3.00 bits per heavy atom. The van der Waals surface area contributed by atoms with Gasteiger partial charge >= 0.3 is 0 Å². The predicted octanol–water partition coefficient (Wildman–Crippen LogP) is 4.19. The fraction of sp³-hybridized carbons (Fsp3) is 0.188. The molecule has 0 saturated heterocycles. The van der Waals surface area contributed by atoms with Crippen LogP contribution in [0.15, 0.2) is 40.9 Å². The summed E-state index contributed by atoms with van der Waals surface area (Å²) in [5.41, 5.74) is 5.89. The highest BCUT2D eigenvalue weighted by atomic mass is 79.9. The summed E-state index contributed by atoms with van der Waals surface area (Å²) in [6.07, 6.45) is 0. The average Bonchev–Trinajstić information content (AvgIpc) is 3.01. The molecule has 0 spiro atoms. The van der Waals surface area contributed by atoms with E-state index in [1.54, 1.807) is 0 Å². The highest BCUT2D eigenvalue weighted by molar-refractivity contribution is 9.10. The molecule has 2 heterocycles. The van der Waals surface area contributed by atoms with Gasteiger partial charge in [0.1, 0.15) is 5.82 Å². The second-order valence-electron chi connectivity index (χ2n) is 5.26. The van der Waals surface area contributed by atoms with Crippen molar-refractivity contribution in [2.75, 3.05) is 11.9 Å². The summed E-state index contributed by atoms with van der Waals surface area (Å²) in [5.74, 6) is 1.34. The van der Waals surface area contributed by atoms with Gasteiger partial charge in [-0.05, 0) is 36.2 Å². The van der Waals surface area contributed by atoms with Gasteiger partial charge in [-0.2, -0.15) is 0 Å². The average molecular weight is 328 g/mol. The number of aromatic amines is 1. The molecule has 0 saturated carbocycles. The Hall–Kier alpha value is -1.81. The van der Waals surface area contributed by atoms with Gasteiger partial charge < -0.3 is 10.3 Å². The first-order chi connectivity index (χ1) is 9.72. The van der Waals surface area contributed by atoms with E-state index in [2.05, 4.69) is 69.6 Å². The molecule has 2 N–H and O–H groups in total. The minimum Gasteiger partial charge on any atom is -0.384 e. The molecule has 3 nitrogen and oxygen atoms in total. The normalized spacial score (nSPS) is 17.2. The van der Waals surface area contributed by atoms with Gasteiger partial charge in [-0.3, -0.25) is 0 Å². The van der Waals surface area contributed by atoms with Gasteiger partial charge in [-0.15, -0.1) is 0 Å². The first-order valence-corrected chi connectivity index (χ1v) is 7.50. The van der Waals surface area contributed by atoms with Crippen LogP contribution in [0.3, 0.4) is 0 Å². The highest BCUT2D eigenvalue weighted by Crippen LogP contribution is 2.35. The van der Waals surface area contributed by atoms with Crippen LogP contribution >= 0.6 is 15.9 Å². The van der Waals surface area contributed by atoms with Gasteiger partial charge in [0, 0.05) is 16.7 Å². The third-order valence-electron chi connectivity index (χ3n) is 3.92. The van der Waals surface area contributed by atoms with Gasteiger partial charge in [-0.25, -0.2) is 4.98 Å². The van der Waals surface area contributed by atoms with Crippen LogP contribution in [0.5, 0.6) is 0 Å². The number of aromatic nitrogens is 2. The van der Waals surface area contributed by atoms with E-state index in [1.165, 1.54) is 16.8 Å². The number of hydrogen-bond donors (Lipinski definition) is 2. The summed E-state index contributed by atoms with van der Waals surface area (Å²) in [6, 6.07) is 12.6. The van der Waals surface area contributed by atoms with Crippen molar-refractivity contribution in [2.45, 2.75) is 12.8 Å². The van der Waals surface area contributed by atoms with E-state index in [4.69, 9.17) is 4.98 Å². The number of para-hydroxylation sites is 1. The lowest BCUT2D eigenvalue weighted by atomic mass is 10.0. The zero-order valence-corrected chi connectivity index (χ0v) is 12.7. The number of halogens is 1. The van der Waals surface area contributed by atoms with E-state index in [0.29, 0.717) is 5.92 Å². The van der Waals surface area contributed by atoms with Crippen molar-refractivity contribution in [1.29, 1.82) is 0 Å². The summed E-state index contributed by atoms with van der Waals surface area (Å²) >= 11 is 3.54. The largest absolute Gasteiger partial charge is 0.384 e. The van der Waals surface area contributed by atoms with Gasteiger partial charge in [0.15, 0.2) is 0 Å². The van der Waals surface area contributed by atoms with Crippen LogP contribution in [0, 0.1) is 6.92 Å². The number of hydrogen-bond acceptors (Lipinski definition) is 2. The molecule has 0 bridgehead atoms. The quantitative estimate of drug-likeness (QED) is 0.703. The second kappa shape index (κ2) is 4.35. The fourth-order valence-corrected chi connectivity index (χ4v) is 3.53. The van der Waals surface area contributed by atoms with Crippen molar-refractivity contribution in [2.24, 2.45) is 0 Å². The molecular formula is C16H14BrN3. The van der Waals surface area contributed by atoms with Crippen molar-refractivity contribution in [3.05, 3.63) is 57.8 Å². The lowest BCUT2D eigenvalue weighted by Gasteiger charge is -2.05. The van der Waals surface area contributed by atoms with Crippen LogP contribution < -0.4 is 5.32 Å². The Labute approximate surface area is 125 Å². The Morgan fingerprint density at radius 2 is 2.10 bits per heavy atom. The number of fused-ring (bicyclic) bond motifs is 2. The molecular weight excluding hydrogens is 314 g/mol. The first-order valence-electron chi connectivity index (χ1n) is 6.71. The zero-order valence-electron chi connectivity index (χ0n) is 11.1. The lowest BCUT2D eigenvalue weighted by Crippen LogP contribution is -2.05. The van der Waals surface area contributed by atoms with Gasteiger partial charge in [0.05, 0.1) is 17.0 Å². The number of nitrogens with one attached hydrogen (secondary N) is 2. The third kappa shape index (κ3) is 1.75. The van der Waals surface area contributed by atoms with Gasteiger partial charge in [0.25, 0.3) is 0 Å². The van der Waals surface area contributed by atoms with E-state index in [1.807, 2.05) is 0 Å². The van der Waals surface area contributed by atoms with Crippen LogP contribution in [0.4, 0.5) is 5.69 Å². The number of imidazole rings is 1. The maximum Gasteiger partial charge on any atom is 0.116 e. The Balaban J connectivity index is 1.86. The second-order valence-corrected chi connectivity index (χ2v) is 6.18. The first kappa shape index (κ1) is 12.0. The van der Waals surface area contributed by atoms with Crippen LogP contribution in [0.1, 0.15) is 22.9 Å². The van der Waals surface area contributed by atoms with Crippen molar-refractivity contribution < 1.29 is 0 Å². The lowest BCUT2D eigenvalue weighted by molar-refractivity contribution is 0.836. The molecule has 100 valence electrons. The molecule has 20 heavy (non-hydrogen) atoms. The summed E-state index contributed by atoms with van der Waals surface area (Å²) in [4.78, 5) is 8.30. The Kier molecular flexibility index (Phi) is 2.60. The minimum absolute atomic E-state index is 0.303. The van der Waals surface area contributed by atoms with Crippen LogP contribution in [0.25, 0.3) is 11.0 Å². The molecule has 1 aliphatic heterocycles. The topological polar surface area (TPSA) is 40.7 Å². The SMILES string of the molecule is Cc1cc(Br)cc2[nH]c(C3CNc4ccccc43)nc12. The smallest absolute Gasteiger partial charge is 0.116 e. The molecule has 0 amide bonds. The molecule has 4 rings (SSSR count). The molecule has 1 aromatic heterocycles. The summed E-state index contributed by atoms with van der Waals surface area (Å²) in [5, 5.41) is 3.45. The Morgan fingerprint density at radius 1 is 1.25 bits per heavy atom. The van der Waals surface area contributed by atoms with E-state index in [-0.39, 0.29) is 0 Å². The zero-order chi connectivity index (χ0) is 13.7. The number of benzene rings is 2. The van der Waals surface area contributed by atoms with E-state index < -0.39 is 0 Å². The predicted molar refractivity (Wildman–Crippen MR) is 85.3 cm³/mol. The monoisotopic (exact) mass is 327 g/mol. The molecule has 1 unspecified atom stereocenters. The van der Waals surface area contributed by atoms with E-state index in [9.17, 15) is 0 Å². The molecule has 0 aliphatic carbocycles. The number of nitrogens with zero attached hydrogens (tertiary/aromatic N) is 1. The van der Waals surface area contributed by atoms with E-state index >= 15 is 0 Å². The molecule has 1 atom stereocenters. The fourth-order valence-electron chi connectivity index (χ4n) is 2.96. The van der Waals surface area contributed by atoms with E-state index in [0.717, 1.165) is 27.9 Å². The standard InChI is InChI=1S/C16H14BrN3/c1-9-6-10(17)7-14-15(9)20-16(19-14)12-8-18-13-5-3-2-4-11(12)13/h2-7,12,18H,8H2,1H3,(H,19,20). The summed E-state index contributed by atoms with van der Waals surface area (Å²) in [7, 11) is 0. The summed E-state index contributed by atoms with van der Waals surface area (Å²) < 4.78 is 1.09. The maximum atomic E-state index is 4.82. The maximum absolute atomic E-state index is 4.82. The van der Waals surface area contributed by atoms with Crippen molar-refractivity contribution >= 4 is 32.7 Å². The molecule has 0 radical (unpaired) electrons. The molecule has 3 aromatic rings. The number of anilines is 1. The van der Waals surface area contributed by atoms with Crippen LogP contribution in [-0.2, 0) is 0 Å². The molecule has 4 heteroatoms. The van der Waals surface area contributed by atoms with Crippen molar-refractivity contribution in [3.8, 4) is 0 Å². The number of rotatable bonds is 1. The van der Waals surface area contributed by atoms with Gasteiger partial charge in [0.2, 0.25) is 0 Å². The minimum atomic E-state index is 0.303. The van der Waals surface area contributed by atoms with Crippen molar-refractivity contribution in [3.63, 3.8) is 0 Å². The molecule has 1 aliphatic rings.